The lowest BCUT2D eigenvalue weighted by Crippen LogP contribution is -2.31. The molecule has 1 N–H and O–H groups in total. The number of hydrogen-bond acceptors (Lipinski definition) is 6. The number of aryl methyl sites for hydroxylation is 1. The number of esters is 1. The molecule has 0 saturated heterocycles. The Morgan fingerprint density at radius 1 is 1.74 bits per heavy atom. The summed E-state index contributed by atoms with van der Waals surface area (Å²) in [6.45, 7) is 4.95. The van der Waals surface area contributed by atoms with Crippen LogP contribution in [0.4, 0.5) is 0 Å². The zero-order valence-electron chi connectivity index (χ0n) is 11.0. The highest BCUT2D eigenvalue weighted by atomic mass is 32.1. The first-order valence-electron chi connectivity index (χ1n) is 6.01. The second-order valence-corrected chi connectivity index (χ2v) is 4.64. The number of carbonyl (C=O) groups excluding carboxylic acids is 1. The van der Waals surface area contributed by atoms with E-state index in [0.29, 0.717) is 26.1 Å². The van der Waals surface area contributed by atoms with Gasteiger partial charge in [-0.3, -0.25) is 5.32 Å². The summed E-state index contributed by atoms with van der Waals surface area (Å²) in [4.78, 5) is 19.6. The maximum Gasteiger partial charge on any atom is 0.328 e. The van der Waals surface area contributed by atoms with Gasteiger partial charge in [-0.05, 0) is 32.3 Å². The SMILES string of the molecule is CCOC(=O)C(NCCCN=[N+]=[N-])c1scnc1C. The number of azide groups is 1. The minimum Gasteiger partial charge on any atom is -0.465 e. The zero-order chi connectivity index (χ0) is 14.1. The molecule has 0 aliphatic heterocycles. The average molecular weight is 283 g/mol. The fraction of sp³-hybridized carbons (Fsp3) is 0.636. The Morgan fingerprint density at radius 3 is 3.11 bits per heavy atom. The van der Waals surface area contributed by atoms with Crippen LogP contribution in [0.3, 0.4) is 0 Å². The van der Waals surface area contributed by atoms with Crippen molar-refractivity contribution < 1.29 is 9.53 Å². The highest BCUT2D eigenvalue weighted by Gasteiger charge is 2.24. The monoisotopic (exact) mass is 283 g/mol. The van der Waals surface area contributed by atoms with E-state index in [-0.39, 0.29) is 5.97 Å². The van der Waals surface area contributed by atoms with E-state index >= 15 is 0 Å². The van der Waals surface area contributed by atoms with Crippen molar-refractivity contribution in [2.24, 2.45) is 5.11 Å². The predicted molar refractivity (Wildman–Crippen MR) is 72.9 cm³/mol. The van der Waals surface area contributed by atoms with Gasteiger partial charge >= 0.3 is 5.97 Å². The number of hydrogen-bond donors (Lipinski definition) is 1. The molecule has 0 amide bonds. The number of thiazole rings is 1. The average Bonchev–Trinajstić information content (AvgIpc) is 2.80. The molecular formula is C11H17N5O2S. The van der Waals surface area contributed by atoms with Crippen LogP contribution < -0.4 is 5.32 Å². The van der Waals surface area contributed by atoms with Crippen molar-refractivity contribution >= 4 is 17.3 Å². The van der Waals surface area contributed by atoms with E-state index in [1.54, 1.807) is 12.4 Å². The van der Waals surface area contributed by atoms with E-state index in [1.165, 1.54) is 11.3 Å². The Balaban J connectivity index is 2.63. The smallest absolute Gasteiger partial charge is 0.328 e. The Kier molecular flexibility index (Phi) is 6.88. The quantitative estimate of drug-likeness (QED) is 0.260. The molecule has 0 aromatic carbocycles. The molecule has 0 radical (unpaired) electrons. The molecule has 0 aliphatic rings. The van der Waals surface area contributed by atoms with E-state index in [1.807, 2.05) is 6.92 Å². The third kappa shape index (κ3) is 4.86. The van der Waals surface area contributed by atoms with E-state index in [0.717, 1.165) is 10.6 Å². The van der Waals surface area contributed by atoms with Crippen LogP contribution in [0.1, 0.15) is 30.0 Å². The summed E-state index contributed by atoms with van der Waals surface area (Å²) in [5.41, 5.74) is 10.7. The first kappa shape index (κ1) is 15.4. The second kappa shape index (κ2) is 8.47. The van der Waals surface area contributed by atoms with Crippen LogP contribution >= 0.6 is 11.3 Å². The van der Waals surface area contributed by atoms with E-state index < -0.39 is 6.04 Å². The van der Waals surface area contributed by atoms with E-state index in [2.05, 4.69) is 20.3 Å². The van der Waals surface area contributed by atoms with Gasteiger partial charge in [0.15, 0.2) is 0 Å². The molecular weight excluding hydrogens is 266 g/mol. The molecule has 1 unspecified atom stereocenters. The Morgan fingerprint density at radius 2 is 2.53 bits per heavy atom. The minimum absolute atomic E-state index is 0.307. The van der Waals surface area contributed by atoms with Crippen LogP contribution in [-0.2, 0) is 9.53 Å². The number of aromatic nitrogens is 1. The molecule has 1 heterocycles. The van der Waals surface area contributed by atoms with Crippen molar-refractivity contribution in [1.29, 1.82) is 0 Å². The highest BCUT2D eigenvalue weighted by Crippen LogP contribution is 2.22. The number of carbonyl (C=O) groups is 1. The van der Waals surface area contributed by atoms with Gasteiger partial charge in [-0.1, -0.05) is 5.11 Å². The lowest BCUT2D eigenvalue weighted by atomic mass is 10.2. The summed E-state index contributed by atoms with van der Waals surface area (Å²) in [7, 11) is 0. The number of ether oxygens (including phenoxy) is 1. The van der Waals surface area contributed by atoms with Gasteiger partial charge in [-0.15, -0.1) is 11.3 Å². The van der Waals surface area contributed by atoms with Crippen LogP contribution in [0.2, 0.25) is 0 Å². The molecule has 0 saturated carbocycles. The van der Waals surface area contributed by atoms with Crippen molar-refractivity contribution in [3.63, 3.8) is 0 Å². The molecule has 0 fully saturated rings. The fourth-order valence-electron chi connectivity index (χ4n) is 1.54. The maximum atomic E-state index is 11.9. The molecule has 7 nitrogen and oxygen atoms in total. The molecule has 0 aliphatic carbocycles. The summed E-state index contributed by atoms with van der Waals surface area (Å²) in [6, 6.07) is -0.501. The van der Waals surface area contributed by atoms with Gasteiger partial charge in [0.25, 0.3) is 0 Å². The first-order chi connectivity index (χ1) is 9.20. The normalized spacial score (nSPS) is 11.7. The predicted octanol–water partition coefficient (Wildman–Crippen LogP) is 2.35. The molecule has 104 valence electrons. The number of nitrogens with zero attached hydrogens (tertiary/aromatic N) is 4. The Bertz CT molecular complexity index is 456. The van der Waals surface area contributed by atoms with Crippen molar-refractivity contribution in [1.82, 2.24) is 10.3 Å². The molecule has 0 bridgehead atoms. The van der Waals surface area contributed by atoms with Gasteiger partial charge in [0.2, 0.25) is 0 Å². The topological polar surface area (TPSA) is 100.0 Å². The molecule has 1 aromatic heterocycles. The van der Waals surface area contributed by atoms with Crippen molar-refractivity contribution in [2.45, 2.75) is 26.3 Å². The summed E-state index contributed by atoms with van der Waals surface area (Å²) in [5.74, 6) is -0.307. The minimum atomic E-state index is -0.501. The highest BCUT2D eigenvalue weighted by molar-refractivity contribution is 7.10. The van der Waals surface area contributed by atoms with Gasteiger partial charge in [-0.25, -0.2) is 9.78 Å². The van der Waals surface area contributed by atoms with E-state index in [4.69, 9.17) is 10.3 Å². The van der Waals surface area contributed by atoms with Crippen LogP contribution in [0.5, 0.6) is 0 Å². The van der Waals surface area contributed by atoms with Crippen molar-refractivity contribution in [2.75, 3.05) is 19.7 Å². The Labute approximate surface area is 115 Å². The largest absolute Gasteiger partial charge is 0.465 e. The van der Waals surface area contributed by atoms with Crippen LogP contribution in [0.15, 0.2) is 10.6 Å². The van der Waals surface area contributed by atoms with Gasteiger partial charge in [-0.2, -0.15) is 0 Å². The third-order valence-corrected chi connectivity index (χ3v) is 3.41. The summed E-state index contributed by atoms with van der Waals surface area (Å²) in [5, 5.41) is 6.56. The zero-order valence-corrected chi connectivity index (χ0v) is 11.8. The molecule has 1 aromatic rings. The number of nitrogens with one attached hydrogen (secondary N) is 1. The van der Waals surface area contributed by atoms with Gasteiger partial charge in [0, 0.05) is 11.5 Å². The maximum absolute atomic E-state index is 11.9. The van der Waals surface area contributed by atoms with Crippen LogP contribution in [0.25, 0.3) is 10.4 Å². The summed E-state index contributed by atoms with van der Waals surface area (Å²) < 4.78 is 5.06. The van der Waals surface area contributed by atoms with Crippen LogP contribution in [0, 0.1) is 6.92 Å². The molecule has 8 heteroatoms. The van der Waals surface area contributed by atoms with Crippen molar-refractivity contribution in [3.05, 3.63) is 26.5 Å². The van der Waals surface area contributed by atoms with Crippen LogP contribution in [-0.4, -0.2) is 30.6 Å². The van der Waals surface area contributed by atoms with Crippen molar-refractivity contribution in [3.8, 4) is 0 Å². The Hall–Kier alpha value is -1.63. The fourth-order valence-corrected chi connectivity index (χ4v) is 2.40. The van der Waals surface area contributed by atoms with Gasteiger partial charge < -0.3 is 4.74 Å². The first-order valence-corrected chi connectivity index (χ1v) is 6.89. The lowest BCUT2D eigenvalue weighted by Gasteiger charge is -2.16. The summed E-state index contributed by atoms with van der Waals surface area (Å²) >= 11 is 1.42. The van der Waals surface area contributed by atoms with E-state index in [9.17, 15) is 4.79 Å². The molecule has 1 atom stereocenters. The molecule has 0 spiro atoms. The lowest BCUT2D eigenvalue weighted by molar-refractivity contribution is -0.145. The third-order valence-electron chi connectivity index (χ3n) is 2.41. The summed E-state index contributed by atoms with van der Waals surface area (Å²) in [6.07, 6.45) is 0.665. The standard InChI is InChI=1S/C11H17N5O2S/c1-3-18-11(17)9(10-8(2)14-7-19-10)13-5-4-6-15-16-12/h7,9,13H,3-6H2,1-2H3. The second-order valence-electron chi connectivity index (χ2n) is 3.75. The van der Waals surface area contributed by atoms with Gasteiger partial charge in [0.05, 0.1) is 22.7 Å². The van der Waals surface area contributed by atoms with Gasteiger partial charge in [0.1, 0.15) is 6.04 Å². The number of rotatable bonds is 8. The molecule has 19 heavy (non-hydrogen) atoms. The molecule has 1 rings (SSSR count).